The summed E-state index contributed by atoms with van der Waals surface area (Å²) in [5, 5.41) is 0.420. The van der Waals surface area contributed by atoms with Crippen LogP contribution in [0.1, 0.15) is 11.1 Å². The first-order chi connectivity index (χ1) is 15.2. The Balaban J connectivity index is 1.37. The molecule has 172 valence electrons. The zero-order valence-electron chi connectivity index (χ0n) is 18.1. The molecule has 2 heterocycles. The van der Waals surface area contributed by atoms with Crippen LogP contribution in [-0.4, -0.2) is 69.9 Å². The number of halogens is 1. The molecule has 32 heavy (non-hydrogen) atoms. The van der Waals surface area contributed by atoms with Gasteiger partial charge in [0.05, 0.1) is 11.9 Å². The van der Waals surface area contributed by atoms with Crippen molar-refractivity contribution in [3.05, 3.63) is 52.5 Å². The number of amides is 1. The Hall–Kier alpha value is -2.49. The van der Waals surface area contributed by atoms with E-state index in [0.717, 1.165) is 39.7 Å². The first kappa shape index (κ1) is 22.7. The van der Waals surface area contributed by atoms with E-state index in [9.17, 15) is 13.2 Å². The zero-order valence-corrected chi connectivity index (χ0v) is 19.7. The molecule has 0 atom stereocenters. The lowest BCUT2D eigenvalue weighted by atomic mass is 10.1. The van der Waals surface area contributed by atoms with Crippen LogP contribution in [0.3, 0.4) is 0 Å². The van der Waals surface area contributed by atoms with Crippen LogP contribution in [0.4, 0.5) is 5.69 Å². The lowest BCUT2D eigenvalue weighted by Gasteiger charge is -2.36. The Bertz CT molecular complexity index is 1120. The van der Waals surface area contributed by atoms with Gasteiger partial charge >= 0.3 is 0 Å². The maximum atomic E-state index is 13.0. The lowest BCUT2D eigenvalue weighted by Crippen LogP contribution is -2.51. The highest BCUT2D eigenvalue weighted by Gasteiger charge is 2.27. The van der Waals surface area contributed by atoms with Gasteiger partial charge in [-0.15, -0.1) is 0 Å². The van der Waals surface area contributed by atoms with E-state index in [2.05, 4.69) is 4.90 Å². The van der Waals surface area contributed by atoms with Crippen LogP contribution < -0.4 is 13.8 Å². The van der Waals surface area contributed by atoms with E-state index >= 15 is 0 Å². The van der Waals surface area contributed by atoms with E-state index in [4.69, 9.17) is 21.1 Å². The van der Waals surface area contributed by atoms with Crippen molar-refractivity contribution >= 4 is 33.2 Å². The second-order valence-corrected chi connectivity index (χ2v) is 10.4. The van der Waals surface area contributed by atoms with Gasteiger partial charge in [0.15, 0.2) is 11.5 Å². The maximum Gasteiger partial charge on any atom is 0.243 e. The number of piperazine rings is 1. The third-order valence-electron chi connectivity index (χ3n) is 5.69. The minimum Gasteiger partial charge on any atom is -0.454 e. The maximum absolute atomic E-state index is 13.0. The third-order valence-corrected chi connectivity index (χ3v) is 7.05. The highest BCUT2D eigenvalue weighted by Crippen LogP contribution is 2.33. The van der Waals surface area contributed by atoms with Crippen LogP contribution in [0.15, 0.2) is 36.4 Å². The van der Waals surface area contributed by atoms with Gasteiger partial charge in [0.1, 0.15) is 6.54 Å². The first-order valence-corrected chi connectivity index (χ1v) is 12.6. The summed E-state index contributed by atoms with van der Waals surface area (Å²) in [5.41, 5.74) is 2.28. The number of hydrogen-bond donors (Lipinski definition) is 0. The van der Waals surface area contributed by atoms with Crippen molar-refractivity contribution in [3.63, 3.8) is 0 Å². The van der Waals surface area contributed by atoms with Crippen LogP contribution >= 0.6 is 11.6 Å². The summed E-state index contributed by atoms with van der Waals surface area (Å²) in [7, 11) is -3.65. The van der Waals surface area contributed by atoms with Crippen molar-refractivity contribution in [2.45, 2.75) is 13.5 Å². The summed E-state index contributed by atoms with van der Waals surface area (Å²) in [4.78, 5) is 16.9. The quantitative estimate of drug-likeness (QED) is 0.633. The van der Waals surface area contributed by atoms with E-state index < -0.39 is 10.0 Å². The Morgan fingerprint density at radius 2 is 1.78 bits per heavy atom. The number of ether oxygens (including phenoxy) is 2. The van der Waals surface area contributed by atoms with Gasteiger partial charge in [-0.2, -0.15) is 0 Å². The Morgan fingerprint density at radius 1 is 1.06 bits per heavy atom. The molecule has 1 saturated heterocycles. The number of sulfonamides is 1. The summed E-state index contributed by atoms with van der Waals surface area (Å²) < 4.78 is 36.8. The van der Waals surface area contributed by atoms with Gasteiger partial charge in [-0.05, 0) is 42.3 Å². The standard InChI is InChI=1S/C22H26ClN3O5S/c1-16-3-5-18(23)12-19(16)26(32(2,28)29)14-22(27)25-9-7-24(8-10-25)13-17-4-6-20-21(11-17)31-15-30-20/h3-6,11-12H,7-10,13-15H2,1-2H3. The number of carbonyl (C=O) groups excluding carboxylic acids is 1. The smallest absolute Gasteiger partial charge is 0.243 e. The number of aryl methyl sites for hydroxylation is 1. The summed E-state index contributed by atoms with van der Waals surface area (Å²) in [5.74, 6) is 1.29. The SMILES string of the molecule is Cc1ccc(Cl)cc1N(CC(=O)N1CCN(Cc2ccc3c(c2)OCO3)CC1)S(C)(=O)=O. The Kier molecular flexibility index (Phi) is 6.50. The lowest BCUT2D eigenvalue weighted by molar-refractivity contribution is -0.131. The second kappa shape index (κ2) is 9.17. The van der Waals surface area contributed by atoms with Gasteiger partial charge in [-0.1, -0.05) is 23.7 Å². The van der Waals surface area contributed by atoms with Crippen molar-refractivity contribution in [1.29, 1.82) is 0 Å². The van der Waals surface area contributed by atoms with Crippen LogP contribution in [0.25, 0.3) is 0 Å². The molecule has 2 aromatic rings. The first-order valence-electron chi connectivity index (χ1n) is 10.3. The van der Waals surface area contributed by atoms with Gasteiger partial charge in [-0.3, -0.25) is 14.0 Å². The number of anilines is 1. The molecular weight excluding hydrogens is 454 g/mol. The molecular formula is C22H26ClN3O5S. The van der Waals surface area contributed by atoms with Crippen LogP contribution in [-0.2, 0) is 21.4 Å². The van der Waals surface area contributed by atoms with Crippen LogP contribution in [0, 0.1) is 6.92 Å². The molecule has 1 fully saturated rings. The Labute approximate surface area is 193 Å². The molecule has 10 heteroatoms. The molecule has 0 aliphatic carbocycles. The van der Waals surface area contributed by atoms with Gasteiger partial charge in [0.25, 0.3) is 0 Å². The fourth-order valence-corrected chi connectivity index (χ4v) is 4.97. The van der Waals surface area contributed by atoms with Crippen molar-refractivity contribution < 1.29 is 22.7 Å². The highest BCUT2D eigenvalue weighted by atomic mass is 35.5. The topological polar surface area (TPSA) is 79.4 Å². The highest BCUT2D eigenvalue weighted by molar-refractivity contribution is 7.92. The number of fused-ring (bicyclic) bond motifs is 1. The fraction of sp³-hybridized carbons (Fsp3) is 0.409. The minimum atomic E-state index is -3.65. The predicted octanol–water partition coefficient (Wildman–Crippen LogP) is 2.49. The number of hydrogen-bond acceptors (Lipinski definition) is 6. The molecule has 2 aliphatic rings. The molecule has 0 N–H and O–H groups in total. The van der Waals surface area contributed by atoms with E-state index in [-0.39, 0.29) is 19.2 Å². The number of rotatable bonds is 6. The second-order valence-electron chi connectivity index (χ2n) is 8.04. The molecule has 0 unspecified atom stereocenters. The van der Waals surface area contributed by atoms with Crippen molar-refractivity contribution in [1.82, 2.24) is 9.80 Å². The van der Waals surface area contributed by atoms with Gasteiger partial charge in [0.2, 0.25) is 22.7 Å². The van der Waals surface area contributed by atoms with Crippen LogP contribution in [0.2, 0.25) is 5.02 Å². The predicted molar refractivity (Wildman–Crippen MR) is 123 cm³/mol. The largest absolute Gasteiger partial charge is 0.454 e. The summed E-state index contributed by atoms with van der Waals surface area (Å²) in [6.45, 7) is 5.02. The average molecular weight is 480 g/mol. The summed E-state index contributed by atoms with van der Waals surface area (Å²) in [6, 6.07) is 10.9. The number of benzene rings is 2. The third kappa shape index (κ3) is 5.11. The molecule has 2 aliphatic heterocycles. The van der Waals surface area contributed by atoms with Crippen molar-refractivity contribution in [2.24, 2.45) is 0 Å². The van der Waals surface area contributed by atoms with Gasteiger partial charge < -0.3 is 14.4 Å². The molecule has 0 radical (unpaired) electrons. The van der Waals surface area contributed by atoms with E-state index in [1.807, 2.05) is 18.2 Å². The molecule has 0 bridgehead atoms. The molecule has 8 nitrogen and oxygen atoms in total. The molecule has 0 saturated carbocycles. The molecule has 1 amide bonds. The molecule has 4 rings (SSSR count). The van der Waals surface area contributed by atoms with Crippen molar-refractivity contribution in [2.75, 3.05) is 50.1 Å². The molecule has 0 aromatic heterocycles. The minimum absolute atomic E-state index is 0.225. The number of carbonyl (C=O) groups is 1. The van der Waals surface area contributed by atoms with E-state index in [0.29, 0.717) is 36.9 Å². The van der Waals surface area contributed by atoms with E-state index in [1.165, 1.54) is 0 Å². The normalized spacial score (nSPS) is 16.3. The van der Waals surface area contributed by atoms with Crippen molar-refractivity contribution in [3.8, 4) is 11.5 Å². The van der Waals surface area contributed by atoms with Gasteiger partial charge in [-0.25, -0.2) is 8.42 Å². The summed E-state index contributed by atoms with van der Waals surface area (Å²) >= 11 is 6.07. The number of nitrogens with zero attached hydrogens (tertiary/aromatic N) is 3. The molecule has 0 spiro atoms. The van der Waals surface area contributed by atoms with Crippen LogP contribution in [0.5, 0.6) is 11.5 Å². The monoisotopic (exact) mass is 479 g/mol. The molecule has 2 aromatic carbocycles. The fourth-order valence-electron chi connectivity index (χ4n) is 3.91. The van der Waals surface area contributed by atoms with Gasteiger partial charge in [0, 0.05) is 37.7 Å². The van der Waals surface area contributed by atoms with E-state index in [1.54, 1.807) is 30.0 Å². The average Bonchev–Trinajstić information content (AvgIpc) is 3.21. The Morgan fingerprint density at radius 3 is 2.50 bits per heavy atom. The zero-order chi connectivity index (χ0) is 22.9. The summed E-state index contributed by atoms with van der Waals surface area (Å²) in [6.07, 6.45) is 1.10.